The average Bonchev–Trinajstić information content (AvgIpc) is 2.24. The number of primary sulfonamides is 1. The van der Waals surface area contributed by atoms with Gasteiger partial charge in [0.15, 0.2) is 0 Å². The minimum absolute atomic E-state index is 0.0168. The molecule has 0 saturated heterocycles. The lowest BCUT2D eigenvalue weighted by atomic mass is 10.2. The minimum Gasteiger partial charge on any atom is -0.225 e. The van der Waals surface area contributed by atoms with E-state index >= 15 is 0 Å². The SMILES string of the molecule is CC(C)(C)S(=O)(=O)NCc1cccc(S(N)(=O)=O)c1. The molecule has 3 N–H and O–H groups in total. The maximum atomic E-state index is 11.9. The summed E-state index contributed by atoms with van der Waals surface area (Å²) in [6.07, 6.45) is 0. The average molecular weight is 306 g/mol. The van der Waals surface area contributed by atoms with Crippen LogP contribution in [0.5, 0.6) is 0 Å². The highest BCUT2D eigenvalue weighted by Gasteiger charge is 2.28. The summed E-state index contributed by atoms with van der Waals surface area (Å²) in [5, 5.41) is 5.01. The second kappa shape index (κ2) is 5.20. The van der Waals surface area contributed by atoms with Crippen molar-refractivity contribution in [1.29, 1.82) is 0 Å². The fourth-order valence-electron chi connectivity index (χ4n) is 1.23. The molecule has 1 rings (SSSR count). The van der Waals surface area contributed by atoms with Gasteiger partial charge in [-0.15, -0.1) is 0 Å². The topological polar surface area (TPSA) is 106 Å². The van der Waals surface area contributed by atoms with Crippen LogP contribution in [0, 0.1) is 0 Å². The molecular weight excluding hydrogens is 288 g/mol. The minimum atomic E-state index is -3.78. The van der Waals surface area contributed by atoms with Crippen molar-refractivity contribution in [3.63, 3.8) is 0 Å². The predicted octanol–water partition coefficient (Wildman–Crippen LogP) is 0.552. The Labute approximate surface area is 114 Å². The van der Waals surface area contributed by atoms with Gasteiger partial charge in [0.25, 0.3) is 0 Å². The van der Waals surface area contributed by atoms with Gasteiger partial charge in [0.2, 0.25) is 20.0 Å². The van der Waals surface area contributed by atoms with Gasteiger partial charge < -0.3 is 0 Å². The normalized spacial score (nSPS) is 13.5. The lowest BCUT2D eigenvalue weighted by molar-refractivity contribution is 0.544. The van der Waals surface area contributed by atoms with Crippen LogP contribution in [0.15, 0.2) is 29.2 Å². The fourth-order valence-corrected chi connectivity index (χ4v) is 2.60. The molecule has 0 amide bonds. The fraction of sp³-hybridized carbons (Fsp3) is 0.455. The third kappa shape index (κ3) is 4.27. The summed E-state index contributed by atoms with van der Waals surface area (Å²) in [6.45, 7) is 4.76. The maximum Gasteiger partial charge on any atom is 0.238 e. The molecule has 0 bridgehead atoms. The molecule has 6 nitrogen and oxygen atoms in total. The van der Waals surface area contributed by atoms with Gasteiger partial charge in [-0.1, -0.05) is 12.1 Å². The van der Waals surface area contributed by atoms with Gasteiger partial charge >= 0.3 is 0 Å². The van der Waals surface area contributed by atoms with Gasteiger partial charge in [-0.05, 0) is 38.5 Å². The summed E-state index contributed by atoms with van der Waals surface area (Å²) in [5.74, 6) is 0. The predicted molar refractivity (Wildman–Crippen MR) is 73.3 cm³/mol. The van der Waals surface area contributed by atoms with E-state index in [4.69, 9.17) is 5.14 Å². The Hall–Kier alpha value is -0.960. The van der Waals surface area contributed by atoms with E-state index in [2.05, 4.69) is 4.72 Å². The molecule has 0 saturated carbocycles. The summed E-state index contributed by atoms with van der Waals surface area (Å²) < 4.78 is 47.6. The van der Waals surface area contributed by atoms with Gasteiger partial charge in [0, 0.05) is 6.54 Å². The van der Waals surface area contributed by atoms with Crippen molar-refractivity contribution < 1.29 is 16.8 Å². The molecule has 108 valence electrons. The maximum absolute atomic E-state index is 11.9. The number of rotatable bonds is 4. The van der Waals surface area contributed by atoms with E-state index < -0.39 is 24.8 Å². The van der Waals surface area contributed by atoms with Crippen molar-refractivity contribution >= 4 is 20.0 Å². The zero-order valence-electron chi connectivity index (χ0n) is 11.0. The van der Waals surface area contributed by atoms with Crippen LogP contribution in [-0.2, 0) is 26.6 Å². The molecule has 0 aliphatic carbocycles. The molecule has 0 atom stereocenters. The molecular formula is C11H18N2O4S2. The first-order valence-corrected chi connectivity index (χ1v) is 8.57. The second-order valence-corrected chi connectivity index (χ2v) is 9.21. The number of nitrogens with one attached hydrogen (secondary N) is 1. The van der Waals surface area contributed by atoms with Crippen LogP contribution in [0.2, 0.25) is 0 Å². The monoisotopic (exact) mass is 306 g/mol. The smallest absolute Gasteiger partial charge is 0.225 e. The first-order valence-electron chi connectivity index (χ1n) is 5.54. The summed E-state index contributed by atoms with van der Waals surface area (Å²) in [4.78, 5) is -0.0417. The number of sulfonamides is 2. The third-order valence-electron chi connectivity index (χ3n) is 2.50. The zero-order chi connectivity index (χ0) is 14.9. The van der Waals surface area contributed by atoms with Gasteiger partial charge in [-0.25, -0.2) is 26.7 Å². The van der Waals surface area contributed by atoms with E-state index in [1.54, 1.807) is 26.8 Å². The van der Waals surface area contributed by atoms with Crippen molar-refractivity contribution in [3.8, 4) is 0 Å². The number of hydrogen-bond donors (Lipinski definition) is 2. The van der Waals surface area contributed by atoms with Crippen molar-refractivity contribution in [2.45, 2.75) is 37.0 Å². The number of nitrogens with two attached hydrogens (primary N) is 1. The van der Waals surface area contributed by atoms with Crippen LogP contribution in [0.3, 0.4) is 0 Å². The Morgan fingerprint density at radius 2 is 1.74 bits per heavy atom. The van der Waals surface area contributed by atoms with E-state index in [9.17, 15) is 16.8 Å². The highest BCUT2D eigenvalue weighted by Crippen LogP contribution is 2.15. The molecule has 0 aliphatic rings. The number of benzene rings is 1. The Bertz CT molecular complexity index is 658. The van der Waals surface area contributed by atoms with E-state index in [1.807, 2.05) is 0 Å². The molecule has 0 fully saturated rings. The van der Waals surface area contributed by atoms with E-state index in [-0.39, 0.29) is 11.4 Å². The van der Waals surface area contributed by atoms with Crippen LogP contribution in [0.4, 0.5) is 0 Å². The van der Waals surface area contributed by atoms with Crippen LogP contribution in [0.25, 0.3) is 0 Å². The highest BCUT2D eigenvalue weighted by atomic mass is 32.2. The van der Waals surface area contributed by atoms with Crippen molar-refractivity contribution in [1.82, 2.24) is 4.72 Å². The Balaban J connectivity index is 2.92. The van der Waals surface area contributed by atoms with Crippen LogP contribution in [0.1, 0.15) is 26.3 Å². The molecule has 8 heteroatoms. The van der Waals surface area contributed by atoms with Gasteiger partial charge in [-0.3, -0.25) is 0 Å². The summed E-state index contributed by atoms with van der Waals surface area (Å²) in [5.41, 5.74) is 0.527. The molecule has 0 unspecified atom stereocenters. The van der Waals surface area contributed by atoms with Crippen LogP contribution < -0.4 is 9.86 Å². The number of hydrogen-bond acceptors (Lipinski definition) is 4. The molecule has 19 heavy (non-hydrogen) atoms. The Kier molecular flexibility index (Phi) is 4.40. The third-order valence-corrected chi connectivity index (χ3v) is 5.55. The summed E-state index contributed by atoms with van der Waals surface area (Å²) in [6, 6.07) is 5.85. The molecule has 0 aliphatic heterocycles. The van der Waals surface area contributed by atoms with Crippen molar-refractivity contribution in [2.75, 3.05) is 0 Å². The summed E-state index contributed by atoms with van der Waals surface area (Å²) >= 11 is 0. The first kappa shape index (κ1) is 16.1. The zero-order valence-corrected chi connectivity index (χ0v) is 12.7. The van der Waals surface area contributed by atoms with Crippen molar-refractivity contribution in [3.05, 3.63) is 29.8 Å². The largest absolute Gasteiger partial charge is 0.238 e. The lowest BCUT2D eigenvalue weighted by Crippen LogP contribution is -2.38. The first-order chi connectivity index (χ1) is 8.43. The van der Waals surface area contributed by atoms with Gasteiger partial charge in [-0.2, -0.15) is 0 Å². The molecule has 0 spiro atoms. The molecule has 0 heterocycles. The van der Waals surface area contributed by atoms with E-state index in [0.29, 0.717) is 5.56 Å². The Morgan fingerprint density at radius 3 is 2.21 bits per heavy atom. The van der Waals surface area contributed by atoms with E-state index in [0.717, 1.165) is 0 Å². The highest BCUT2D eigenvalue weighted by molar-refractivity contribution is 7.90. The van der Waals surface area contributed by atoms with Crippen LogP contribution >= 0.6 is 0 Å². The van der Waals surface area contributed by atoms with Crippen molar-refractivity contribution in [2.24, 2.45) is 5.14 Å². The lowest BCUT2D eigenvalue weighted by Gasteiger charge is -2.19. The molecule has 1 aromatic carbocycles. The molecule has 1 aromatic rings. The quantitative estimate of drug-likeness (QED) is 0.847. The molecule has 0 radical (unpaired) electrons. The summed E-state index contributed by atoms with van der Waals surface area (Å²) in [7, 11) is -7.26. The standard InChI is InChI=1S/C11H18N2O4S2/c1-11(2,3)19(16,17)13-8-9-5-4-6-10(7-9)18(12,14)15/h4-7,13H,8H2,1-3H3,(H2,12,14,15). The van der Waals surface area contributed by atoms with Gasteiger partial charge in [0.1, 0.15) is 0 Å². The van der Waals surface area contributed by atoms with E-state index in [1.165, 1.54) is 18.2 Å². The van der Waals surface area contributed by atoms with Gasteiger partial charge in [0.05, 0.1) is 9.64 Å². The Morgan fingerprint density at radius 1 is 1.16 bits per heavy atom. The van der Waals surface area contributed by atoms with Crippen LogP contribution in [-0.4, -0.2) is 21.6 Å². The second-order valence-electron chi connectivity index (χ2n) is 5.13. The molecule has 0 aromatic heterocycles.